The molecule has 0 aliphatic carbocycles. The summed E-state index contributed by atoms with van der Waals surface area (Å²) in [6.07, 6.45) is 6.12. The minimum Gasteiger partial charge on any atom is -0.493 e. The highest BCUT2D eigenvalue weighted by Gasteiger charge is 2.28. The number of hydrogen-bond acceptors (Lipinski definition) is 3. The van der Waals surface area contributed by atoms with Crippen molar-refractivity contribution in [2.45, 2.75) is 25.3 Å². The lowest BCUT2D eigenvalue weighted by atomic mass is 9.92. The van der Waals surface area contributed by atoms with Gasteiger partial charge in [-0.15, -0.1) is 0 Å². The fourth-order valence-electron chi connectivity index (χ4n) is 3.38. The van der Waals surface area contributed by atoms with Crippen LogP contribution in [0.4, 0.5) is 0 Å². The summed E-state index contributed by atoms with van der Waals surface area (Å²) in [5.41, 5.74) is 3.05. The normalized spacial score (nSPS) is 17.0. The van der Waals surface area contributed by atoms with Gasteiger partial charge in [0.1, 0.15) is 5.75 Å². The van der Waals surface area contributed by atoms with Gasteiger partial charge in [-0.25, -0.2) is 4.98 Å². The third-order valence-corrected chi connectivity index (χ3v) is 4.81. The topological polar surface area (TPSA) is 56.1 Å². The van der Waals surface area contributed by atoms with E-state index in [1.807, 2.05) is 60.2 Å². The summed E-state index contributed by atoms with van der Waals surface area (Å²) in [5.74, 6) is 0.689. The summed E-state index contributed by atoms with van der Waals surface area (Å²) in [6, 6.07) is 15.8. The van der Waals surface area contributed by atoms with E-state index in [1.54, 1.807) is 12.5 Å². The Hall–Kier alpha value is -3.08. The molecule has 0 radical (unpaired) electrons. The second-order valence-corrected chi connectivity index (χ2v) is 6.52. The third-order valence-electron chi connectivity index (χ3n) is 4.81. The molecule has 2 heterocycles. The Morgan fingerprint density at radius 1 is 1.27 bits per heavy atom. The monoisotopic (exact) mass is 347 g/mol. The molecule has 1 aliphatic heterocycles. The van der Waals surface area contributed by atoms with Crippen molar-refractivity contribution in [2.24, 2.45) is 0 Å². The minimum atomic E-state index is -0.167. The largest absolute Gasteiger partial charge is 0.493 e. The van der Waals surface area contributed by atoms with Crippen molar-refractivity contribution in [3.05, 3.63) is 78.4 Å². The molecule has 4 rings (SSSR count). The average molecular weight is 347 g/mol. The van der Waals surface area contributed by atoms with E-state index >= 15 is 0 Å². The molecule has 1 N–H and O–H groups in total. The third kappa shape index (κ3) is 3.20. The Balaban J connectivity index is 1.51. The van der Waals surface area contributed by atoms with Crippen molar-refractivity contribution in [3.8, 4) is 11.4 Å². The van der Waals surface area contributed by atoms with Gasteiger partial charge in [0, 0.05) is 23.6 Å². The first-order valence-corrected chi connectivity index (χ1v) is 8.83. The number of ether oxygens (including phenoxy) is 1. The summed E-state index contributed by atoms with van der Waals surface area (Å²) >= 11 is 0. The number of hydrogen-bond donors (Lipinski definition) is 1. The van der Waals surface area contributed by atoms with Crippen LogP contribution in [0.15, 0.2) is 67.3 Å². The second kappa shape index (κ2) is 7.04. The Labute approximate surface area is 152 Å². The number of para-hydroxylation sites is 1. The fraction of sp³-hybridized carbons (Fsp3) is 0.238. The maximum absolute atomic E-state index is 12.9. The van der Waals surface area contributed by atoms with E-state index in [2.05, 4.69) is 16.4 Å². The molecule has 26 heavy (non-hydrogen) atoms. The molecular weight excluding hydrogens is 326 g/mol. The molecule has 0 saturated carbocycles. The van der Waals surface area contributed by atoms with Crippen LogP contribution < -0.4 is 10.1 Å². The van der Waals surface area contributed by atoms with Gasteiger partial charge >= 0.3 is 0 Å². The number of imidazole rings is 1. The highest BCUT2D eigenvalue weighted by molar-refractivity contribution is 5.85. The molecular formula is C21H21N3O2. The summed E-state index contributed by atoms with van der Waals surface area (Å²) in [5, 5.41) is 3.16. The molecule has 0 unspecified atom stereocenters. The van der Waals surface area contributed by atoms with Crippen molar-refractivity contribution in [2.75, 3.05) is 6.61 Å². The molecule has 3 aromatic rings. The van der Waals surface area contributed by atoms with E-state index in [0.29, 0.717) is 13.0 Å². The first-order chi connectivity index (χ1) is 12.7. The highest BCUT2D eigenvalue weighted by Crippen LogP contribution is 2.33. The lowest BCUT2D eigenvalue weighted by Gasteiger charge is -2.26. The van der Waals surface area contributed by atoms with Crippen LogP contribution >= 0.6 is 0 Å². The average Bonchev–Trinajstić information content (AvgIpc) is 3.22. The summed E-state index contributed by atoms with van der Waals surface area (Å²) in [6.45, 7) is 2.58. The van der Waals surface area contributed by atoms with Crippen molar-refractivity contribution in [1.29, 1.82) is 0 Å². The van der Waals surface area contributed by atoms with Crippen LogP contribution in [0.1, 0.15) is 36.4 Å². The lowest BCUT2D eigenvalue weighted by molar-refractivity contribution is -0.123. The zero-order valence-corrected chi connectivity index (χ0v) is 14.6. The standard InChI is InChI=1S/C21H21N3O2/c1-15(16-5-4-6-17(13-16)24-11-10-22-14-24)23-21(25)19-9-12-26-20-8-3-2-7-18(19)20/h2-8,10-11,13-15,19H,9,12H2,1H3,(H,23,25)/t15-,19-/m0/s1. The van der Waals surface area contributed by atoms with Gasteiger partial charge in [-0.3, -0.25) is 4.79 Å². The van der Waals surface area contributed by atoms with E-state index in [1.165, 1.54) is 0 Å². The summed E-state index contributed by atoms with van der Waals surface area (Å²) in [7, 11) is 0. The first kappa shape index (κ1) is 16.4. The van der Waals surface area contributed by atoms with Gasteiger partial charge in [-0.1, -0.05) is 30.3 Å². The van der Waals surface area contributed by atoms with Crippen molar-refractivity contribution in [1.82, 2.24) is 14.9 Å². The predicted molar refractivity (Wildman–Crippen MR) is 99.4 cm³/mol. The van der Waals surface area contributed by atoms with Crippen molar-refractivity contribution < 1.29 is 9.53 Å². The highest BCUT2D eigenvalue weighted by atomic mass is 16.5. The Morgan fingerprint density at radius 3 is 3.00 bits per heavy atom. The number of nitrogens with one attached hydrogen (secondary N) is 1. The van der Waals surface area contributed by atoms with Crippen LogP contribution in [-0.2, 0) is 4.79 Å². The quantitative estimate of drug-likeness (QED) is 0.784. The number of aromatic nitrogens is 2. The summed E-state index contributed by atoms with van der Waals surface area (Å²) in [4.78, 5) is 17.0. The number of fused-ring (bicyclic) bond motifs is 1. The molecule has 0 saturated heterocycles. The number of rotatable bonds is 4. The van der Waals surface area contributed by atoms with Crippen LogP contribution in [0.25, 0.3) is 5.69 Å². The number of benzene rings is 2. The van der Waals surface area contributed by atoms with Gasteiger partial charge in [-0.2, -0.15) is 0 Å². The Bertz CT molecular complexity index is 905. The fourth-order valence-corrected chi connectivity index (χ4v) is 3.38. The number of amides is 1. The zero-order chi connectivity index (χ0) is 17.9. The SMILES string of the molecule is C[C@H](NC(=O)[C@H]1CCOc2ccccc21)c1cccc(-n2ccnc2)c1. The van der Waals surface area contributed by atoms with Crippen molar-refractivity contribution >= 4 is 5.91 Å². The molecule has 1 amide bonds. The minimum absolute atomic E-state index is 0.0429. The van der Waals surface area contributed by atoms with E-state index in [0.717, 1.165) is 22.6 Å². The molecule has 5 heteroatoms. The molecule has 1 aliphatic rings. The van der Waals surface area contributed by atoms with E-state index < -0.39 is 0 Å². The van der Waals surface area contributed by atoms with Gasteiger partial charge in [0.25, 0.3) is 0 Å². The molecule has 2 aromatic carbocycles. The smallest absolute Gasteiger partial charge is 0.228 e. The molecule has 0 fully saturated rings. The van der Waals surface area contributed by atoms with Gasteiger partial charge in [0.15, 0.2) is 0 Å². The van der Waals surface area contributed by atoms with Crippen LogP contribution in [0, 0.1) is 0 Å². The van der Waals surface area contributed by atoms with Crippen LogP contribution in [0.3, 0.4) is 0 Å². The Morgan fingerprint density at radius 2 is 2.15 bits per heavy atom. The van der Waals surface area contributed by atoms with E-state index in [-0.39, 0.29) is 17.9 Å². The number of nitrogens with zero attached hydrogens (tertiary/aromatic N) is 2. The predicted octanol–water partition coefficient (Wildman–Crippen LogP) is 3.62. The maximum Gasteiger partial charge on any atom is 0.228 e. The van der Waals surface area contributed by atoms with Crippen LogP contribution in [0.5, 0.6) is 5.75 Å². The molecule has 2 atom stereocenters. The summed E-state index contributed by atoms with van der Waals surface area (Å²) < 4.78 is 7.61. The van der Waals surface area contributed by atoms with Gasteiger partial charge in [-0.05, 0) is 37.1 Å². The molecule has 1 aromatic heterocycles. The Kier molecular flexibility index (Phi) is 4.44. The lowest BCUT2D eigenvalue weighted by Crippen LogP contribution is -2.34. The molecule has 132 valence electrons. The first-order valence-electron chi connectivity index (χ1n) is 8.83. The maximum atomic E-state index is 12.9. The zero-order valence-electron chi connectivity index (χ0n) is 14.6. The van der Waals surface area contributed by atoms with E-state index in [9.17, 15) is 4.79 Å². The van der Waals surface area contributed by atoms with Crippen molar-refractivity contribution in [3.63, 3.8) is 0 Å². The molecule has 5 nitrogen and oxygen atoms in total. The van der Waals surface area contributed by atoms with Gasteiger partial charge in [0.2, 0.25) is 5.91 Å². The van der Waals surface area contributed by atoms with Gasteiger partial charge < -0.3 is 14.6 Å². The van der Waals surface area contributed by atoms with Gasteiger partial charge in [0.05, 0.1) is 24.9 Å². The van der Waals surface area contributed by atoms with Crippen LogP contribution in [0.2, 0.25) is 0 Å². The molecule has 0 bridgehead atoms. The van der Waals surface area contributed by atoms with E-state index in [4.69, 9.17) is 4.74 Å². The number of carbonyl (C=O) groups is 1. The second-order valence-electron chi connectivity index (χ2n) is 6.52. The number of carbonyl (C=O) groups excluding carboxylic acids is 1. The van der Waals surface area contributed by atoms with Crippen LogP contribution in [-0.4, -0.2) is 22.1 Å². The molecule has 0 spiro atoms.